The largest absolute Gasteiger partial charge is 0.347 e. The highest BCUT2D eigenvalue weighted by Gasteiger charge is 2.38. The van der Waals surface area contributed by atoms with E-state index in [4.69, 9.17) is 14.5 Å². The first-order valence-corrected chi connectivity index (χ1v) is 9.33. The lowest BCUT2D eigenvalue weighted by molar-refractivity contribution is -0.165. The first-order valence-electron chi connectivity index (χ1n) is 9.33. The van der Waals surface area contributed by atoms with Crippen molar-refractivity contribution in [2.75, 3.05) is 13.2 Å². The van der Waals surface area contributed by atoms with E-state index in [0.717, 1.165) is 11.4 Å². The van der Waals surface area contributed by atoms with Crippen LogP contribution in [0.5, 0.6) is 0 Å². The van der Waals surface area contributed by atoms with Crippen molar-refractivity contribution in [3.8, 4) is 11.8 Å². The Labute approximate surface area is 161 Å². The normalized spacial score (nSPS) is 17.7. The van der Waals surface area contributed by atoms with E-state index in [1.165, 1.54) is 0 Å². The van der Waals surface area contributed by atoms with Gasteiger partial charge in [-0.3, -0.25) is 9.36 Å². The fourth-order valence-electron chi connectivity index (χ4n) is 3.75. The molecule has 28 heavy (non-hydrogen) atoms. The molecule has 0 radical (unpaired) electrons. The molecular weight excluding hydrogens is 356 g/mol. The standard InChI is InChI=1S/C21H18N4O3/c26-20-16-4-2-15(3-5-18-22-9-1-10-23-18)14-17(16)24-19-6-7-21(8-11-25(19)20)27-12-13-28-21/h1-2,4,9-10,14H,6-8,11-13H2. The first kappa shape index (κ1) is 17.0. The lowest BCUT2D eigenvalue weighted by Gasteiger charge is -2.24. The molecule has 2 aliphatic rings. The molecular formula is C21H18N4O3. The molecule has 1 aromatic carbocycles. The van der Waals surface area contributed by atoms with Crippen LogP contribution in [-0.4, -0.2) is 38.5 Å². The van der Waals surface area contributed by atoms with Crippen LogP contribution in [0.2, 0.25) is 0 Å². The number of benzene rings is 1. The third-order valence-electron chi connectivity index (χ3n) is 5.18. The van der Waals surface area contributed by atoms with E-state index in [1.54, 1.807) is 29.1 Å². The van der Waals surface area contributed by atoms with Crippen molar-refractivity contribution >= 4 is 10.9 Å². The van der Waals surface area contributed by atoms with E-state index in [9.17, 15) is 4.79 Å². The molecule has 2 aliphatic heterocycles. The van der Waals surface area contributed by atoms with Crippen LogP contribution >= 0.6 is 0 Å². The molecule has 3 aromatic rings. The minimum Gasteiger partial charge on any atom is -0.347 e. The van der Waals surface area contributed by atoms with Gasteiger partial charge in [-0.05, 0) is 30.2 Å². The van der Waals surface area contributed by atoms with Crippen LogP contribution < -0.4 is 5.56 Å². The Balaban J connectivity index is 1.52. The average Bonchev–Trinajstić information content (AvgIpc) is 3.11. The van der Waals surface area contributed by atoms with Gasteiger partial charge in [0.05, 0.1) is 24.1 Å². The molecule has 0 atom stereocenters. The van der Waals surface area contributed by atoms with Gasteiger partial charge in [-0.1, -0.05) is 5.92 Å². The maximum Gasteiger partial charge on any atom is 0.261 e. The van der Waals surface area contributed by atoms with E-state index in [2.05, 4.69) is 21.8 Å². The number of ether oxygens (including phenoxy) is 2. The lowest BCUT2D eigenvalue weighted by atomic mass is 10.1. The van der Waals surface area contributed by atoms with Gasteiger partial charge in [-0.25, -0.2) is 15.0 Å². The fourth-order valence-corrected chi connectivity index (χ4v) is 3.75. The summed E-state index contributed by atoms with van der Waals surface area (Å²) in [6, 6.07) is 7.21. The van der Waals surface area contributed by atoms with Crippen molar-refractivity contribution in [2.45, 2.75) is 31.6 Å². The summed E-state index contributed by atoms with van der Waals surface area (Å²) in [6.07, 6.45) is 5.31. The molecule has 7 nitrogen and oxygen atoms in total. The smallest absolute Gasteiger partial charge is 0.261 e. The van der Waals surface area contributed by atoms with Gasteiger partial charge in [0.2, 0.25) is 5.82 Å². The Morgan fingerprint density at radius 1 is 1.07 bits per heavy atom. The highest BCUT2D eigenvalue weighted by atomic mass is 16.7. The monoisotopic (exact) mass is 374 g/mol. The van der Waals surface area contributed by atoms with E-state index in [1.807, 2.05) is 12.1 Å². The predicted molar refractivity (Wildman–Crippen MR) is 102 cm³/mol. The van der Waals surface area contributed by atoms with Crippen LogP contribution in [-0.2, 0) is 22.4 Å². The topological polar surface area (TPSA) is 79.1 Å². The summed E-state index contributed by atoms with van der Waals surface area (Å²) in [6.45, 7) is 1.76. The molecule has 0 unspecified atom stereocenters. The number of fused-ring (bicyclic) bond motifs is 2. The molecule has 0 N–H and O–H groups in total. The molecule has 1 saturated heterocycles. The third-order valence-corrected chi connectivity index (χ3v) is 5.18. The second-order valence-electron chi connectivity index (χ2n) is 6.90. The zero-order valence-corrected chi connectivity index (χ0v) is 15.2. The summed E-state index contributed by atoms with van der Waals surface area (Å²) in [4.78, 5) is 26.0. The summed E-state index contributed by atoms with van der Waals surface area (Å²) < 4.78 is 13.4. The van der Waals surface area contributed by atoms with E-state index in [-0.39, 0.29) is 5.56 Å². The molecule has 0 bridgehead atoms. The molecule has 140 valence electrons. The predicted octanol–water partition coefficient (Wildman–Crippen LogP) is 1.67. The van der Waals surface area contributed by atoms with Crippen molar-refractivity contribution < 1.29 is 9.47 Å². The van der Waals surface area contributed by atoms with Crippen molar-refractivity contribution in [2.24, 2.45) is 0 Å². The number of hydrogen-bond donors (Lipinski definition) is 0. The van der Waals surface area contributed by atoms with Gasteiger partial charge < -0.3 is 9.47 Å². The Kier molecular flexibility index (Phi) is 4.15. The summed E-state index contributed by atoms with van der Waals surface area (Å²) in [5.41, 5.74) is 1.39. The third kappa shape index (κ3) is 3.07. The quantitative estimate of drug-likeness (QED) is 0.557. The van der Waals surface area contributed by atoms with Crippen LogP contribution in [0, 0.1) is 11.8 Å². The van der Waals surface area contributed by atoms with E-state index >= 15 is 0 Å². The Morgan fingerprint density at radius 2 is 1.89 bits per heavy atom. The zero-order chi connectivity index (χ0) is 19.0. The highest BCUT2D eigenvalue weighted by Crippen LogP contribution is 2.31. The van der Waals surface area contributed by atoms with Gasteiger partial charge in [0.15, 0.2) is 5.79 Å². The second kappa shape index (κ2) is 6.82. The second-order valence-corrected chi connectivity index (χ2v) is 6.90. The summed E-state index contributed by atoms with van der Waals surface area (Å²) in [7, 11) is 0. The van der Waals surface area contributed by atoms with Gasteiger partial charge in [0.1, 0.15) is 5.82 Å². The minimum absolute atomic E-state index is 0.0269. The Bertz CT molecular complexity index is 1160. The maximum absolute atomic E-state index is 13.0. The summed E-state index contributed by atoms with van der Waals surface area (Å²) >= 11 is 0. The number of aromatic nitrogens is 4. The SMILES string of the molecule is O=c1c2ccc(C#Cc3ncccn3)cc2nc2n1CCC1(CC2)OCCO1. The number of rotatable bonds is 0. The molecule has 5 rings (SSSR count). The van der Waals surface area contributed by atoms with Gasteiger partial charge in [0.25, 0.3) is 5.56 Å². The Hall–Kier alpha value is -3.08. The Morgan fingerprint density at radius 3 is 2.71 bits per heavy atom. The highest BCUT2D eigenvalue weighted by molar-refractivity contribution is 5.79. The van der Waals surface area contributed by atoms with Gasteiger partial charge in [0, 0.05) is 43.8 Å². The zero-order valence-electron chi connectivity index (χ0n) is 15.2. The van der Waals surface area contributed by atoms with Crippen LogP contribution in [0.15, 0.2) is 41.5 Å². The molecule has 0 amide bonds. The number of aryl methyl sites for hydroxylation is 1. The van der Waals surface area contributed by atoms with E-state index in [0.29, 0.717) is 55.7 Å². The molecule has 2 aromatic heterocycles. The lowest BCUT2D eigenvalue weighted by Crippen LogP contribution is -2.31. The van der Waals surface area contributed by atoms with Crippen molar-refractivity contribution in [3.05, 3.63) is 64.2 Å². The van der Waals surface area contributed by atoms with Crippen LogP contribution in [0.1, 0.15) is 30.1 Å². The molecule has 1 spiro atoms. The molecule has 1 fully saturated rings. The van der Waals surface area contributed by atoms with Gasteiger partial charge >= 0.3 is 0 Å². The van der Waals surface area contributed by atoms with Crippen LogP contribution in [0.25, 0.3) is 10.9 Å². The van der Waals surface area contributed by atoms with Crippen LogP contribution in [0.4, 0.5) is 0 Å². The van der Waals surface area contributed by atoms with Crippen molar-refractivity contribution in [1.82, 2.24) is 19.5 Å². The average molecular weight is 374 g/mol. The number of hydrogen-bond acceptors (Lipinski definition) is 6. The molecule has 4 heterocycles. The molecule has 0 aliphatic carbocycles. The minimum atomic E-state index is -0.571. The van der Waals surface area contributed by atoms with Crippen molar-refractivity contribution in [1.29, 1.82) is 0 Å². The number of nitrogens with zero attached hydrogens (tertiary/aromatic N) is 4. The summed E-state index contributed by atoms with van der Waals surface area (Å²) in [5, 5.41) is 0.592. The van der Waals surface area contributed by atoms with E-state index < -0.39 is 5.79 Å². The molecule has 0 saturated carbocycles. The van der Waals surface area contributed by atoms with Crippen molar-refractivity contribution in [3.63, 3.8) is 0 Å². The van der Waals surface area contributed by atoms with Gasteiger partial charge in [-0.15, -0.1) is 0 Å². The first-order chi connectivity index (χ1) is 13.7. The fraction of sp³-hybridized carbons (Fsp3) is 0.333. The van der Waals surface area contributed by atoms with Crippen LogP contribution in [0.3, 0.4) is 0 Å². The molecule has 7 heteroatoms. The summed E-state index contributed by atoms with van der Waals surface area (Å²) in [5.74, 6) is 6.63. The van der Waals surface area contributed by atoms with Gasteiger partial charge in [-0.2, -0.15) is 0 Å². The maximum atomic E-state index is 13.0.